The lowest BCUT2D eigenvalue weighted by Crippen LogP contribution is -2.29. The molecule has 6 nitrogen and oxygen atoms in total. The smallest absolute Gasteiger partial charge is 0.224 e. The molecule has 0 saturated carbocycles. The van der Waals surface area contributed by atoms with E-state index in [-0.39, 0.29) is 5.91 Å². The van der Waals surface area contributed by atoms with Crippen LogP contribution >= 0.6 is 0 Å². The van der Waals surface area contributed by atoms with Gasteiger partial charge in [0, 0.05) is 11.3 Å². The number of H-pyrrole nitrogens is 1. The van der Waals surface area contributed by atoms with Crippen LogP contribution in [0.3, 0.4) is 0 Å². The van der Waals surface area contributed by atoms with Gasteiger partial charge in [0.15, 0.2) is 0 Å². The zero-order valence-electron chi connectivity index (χ0n) is 13.1. The molecule has 2 rings (SSSR count). The van der Waals surface area contributed by atoms with Gasteiger partial charge >= 0.3 is 0 Å². The minimum absolute atomic E-state index is 0.0362. The van der Waals surface area contributed by atoms with Crippen LogP contribution in [0.15, 0.2) is 24.3 Å². The van der Waals surface area contributed by atoms with Gasteiger partial charge in [-0.25, -0.2) is 0 Å². The van der Waals surface area contributed by atoms with E-state index in [0.29, 0.717) is 19.6 Å². The van der Waals surface area contributed by atoms with Crippen LogP contribution in [-0.4, -0.2) is 36.4 Å². The Bertz CT molecular complexity index is 601. The Labute approximate surface area is 129 Å². The van der Waals surface area contributed by atoms with Crippen LogP contribution in [0.1, 0.15) is 17.0 Å². The zero-order valence-corrected chi connectivity index (χ0v) is 13.1. The quantitative estimate of drug-likeness (QED) is 0.764. The number of nitrogens with zero attached hydrogens (tertiary/aromatic N) is 1. The van der Waals surface area contributed by atoms with Gasteiger partial charge in [-0.1, -0.05) is 0 Å². The second-order valence-corrected chi connectivity index (χ2v) is 4.96. The first-order valence-corrected chi connectivity index (χ1v) is 7.14. The summed E-state index contributed by atoms with van der Waals surface area (Å²) < 4.78 is 10.6. The van der Waals surface area contributed by atoms with Crippen LogP contribution in [0.2, 0.25) is 0 Å². The Hall–Kier alpha value is -2.50. The van der Waals surface area contributed by atoms with Crippen molar-refractivity contribution in [3.63, 3.8) is 0 Å². The maximum Gasteiger partial charge on any atom is 0.224 e. The largest absolute Gasteiger partial charge is 0.497 e. The van der Waals surface area contributed by atoms with E-state index in [2.05, 4.69) is 15.5 Å². The fourth-order valence-electron chi connectivity index (χ4n) is 2.09. The second-order valence-electron chi connectivity index (χ2n) is 4.96. The molecule has 0 fully saturated rings. The van der Waals surface area contributed by atoms with Crippen LogP contribution in [0.4, 0.5) is 0 Å². The third-order valence-corrected chi connectivity index (χ3v) is 3.37. The van der Waals surface area contributed by atoms with Gasteiger partial charge < -0.3 is 14.8 Å². The molecule has 0 aliphatic carbocycles. The molecule has 0 aliphatic rings. The van der Waals surface area contributed by atoms with Gasteiger partial charge in [0.2, 0.25) is 5.91 Å². The first-order chi connectivity index (χ1) is 10.6. The van der Waals surface area contributed by atoms with Crippen molar-refractivity contribution in [3.05, 3.63) is 41.2 Å². The molecule has 0 aliphatic heterocycles. The van der Waals surface area contributed by atoms with E-state index in [1.807, 2.05) is 38.1 Å². The number of methoxy groups -OCH3 is 1. The monoisotopic (exact) mass is 303 g/mol. The van der Waals surface area contributed by atoms with Gasteiger partial charge in [-0.2, -0.15) is 5.10 Å². The van der Waals surface area contributed by atoms with Gasteiger partial charge in [0.1, 0.15) is 18.1 Å². The van der Waals surface area contributed by atoms with Crippen molar-refractivity contribution < 1.29 is 14.3 Å². The number of aromatic nitrogens is 2. The van der Waals surface area contributed by atoms with Crippen LogP contribution in [-0.2, 0) is 11.2 Å². The summed E-state index contributed by atoms with van der Waals surface area (Å²) in [5.41, 5.74) is 2.75. The summed E-state index contributed by atoms with van der Waals surface area (Å²) in [6.07, 6.45) is 0.330. The Morgan fingerprint density at radius 2 is 1.91 bits per heavy atom. The topological polar surface area (TPSA) is 76.2 Å². The van der Waals surface area contributed by atoms with Crippen molar-refractivity contribution in [2.24, 2.45) is 0 Å². The highest BCUT2D eigenvalue weighted by atomic mass is 16.5. The van der Waals surface area contributed by atoms with Crippen LogP contribution in [0, 0.1) is 13.8 Å². The number of aryl methyl sites for hydroxylation is 2. The number of aromatic amines is 1. The predicted molar refractivity (Wildman–Crippen MR) is 83.3 cm³/mol. The predicted octanol–water partition coefficient (Wildman–Crippen LogP) is 1.77. The van der Waals surface area contributed by atoms with E-state index in [4.69, 9.17) is 9.47 Å². The molecule has 6 heteroatoms. The molecule has 0 spiro atoms. The number of amides is 1. The fraction of sp³-hybridized carbons (Fsp3) is 0.375. The van der Waals surface area contributed by atoms with Gasteiger partial charge in [0.05, 0.1) is 25.8 Å². The summed E-state index contributed by atoms with van der Waals surface area (Å²) in [4.78, 5) is 11.9. The highest BCUT2D eigenvalue weighted by Crippen LogP contribution is 2.16. The molecule has 0 radical (unpaired) electrons. The normalized spacial score (nSPS) is 10.3. The number of hydrogen-bond donors (Lipinski definition) is 2. The molecule has 1 aromatic carbocycles. The number of carbonyl (C=O) groups is 1. The van der Waals surface area contributed by atoms with E-state index >= 15 is 0 Å². The van der Waals surface area contributed by atoms with Crippen molar-refractivity contribution in [2.45, 2.75) is 20.3 Å². The number of hydrogen-bond acceptors (Lipinski definition) is 4. The lowest BCUT2D eigenvalue weighted by Gasteiger charge is -2.08. The maximum atomic E-state index is 11.9. The van der Waals surface area contributed by atoms with Crippen LogP contribution in [0.5, 0.6) is 11.5 Å². The summed E-state index contributed by atoms with van der Waals surface area (Å²) in [5.74, 6) is 1.49. The zero-order chi connectivity index (χ0) is 15.9. The molecular weight excluding hydrogens is 282 g/mol. The molecule has 1 heterocycles. The Morgan fingerprint density at radius 1 is 1.23 bits per heavy atom. The third-order valence-electron chi connectivity index (χ3n) is 3.37. The van der Waals surface area contributed by atoms with E-state index in [1.54, 1.807) is 7.11 Å². The minimum atomic E-state index is -0.0362. The third kappa shape index (κ3) is 4.25. The summed E-state index contributed by atoms with van der Waals surface area (Å²) in [5, 5.41) is 9.79. The standard InChI is InChI=1S/C16H21N3O3/c1-11-15(12(2)19-18-11)10-16(20)17-8-9-22-14-6-4-13(21-3)5-7-14/h4-7H,8-10H2,1-3H3,(H,17,20)(H,18,19). The van der Waals surface area contributed by atoms with E-state index in [1.165, 1.54) is 0 Å². The number of nitrogens with one attached hydrogen (secondary N) is 2. The van der Waals surface area contributed by atoms with Crippen molar-refractivity contribution in [2.75, 3.05) is 20.3 Å². The van der Waals surface area contributed by atoms with Crippen LogP contribution in [0.25, 0.3) is 0 Å². The molecule has 2 aromatic rings. The molecule has 1 amide bonds. The maximum absolute atomic E-state index is 11.9. The Morgan fingerprint density at radius 3 is 2.50 bits per heavy atom. The molecule has 22 heavy (non-hydrogen) atoms. The van der Waals surface area contributed by atoms with Crippen molar-refractivity contribution >= 4 is 5.91 Å². The van der Waals surface area contributed by atoms with Gasteiger partial charge in [-0.05, 0) is 38.1 Å². The lowest BCUT2D eigenvalue weighted by molar-refractivity contribution is -0.120. The van der Waals surface area contributed by atoms with E-state index < -0.39 is 0 Å². The number of carbonyl (C=O) groups excluding carboxylic acids is 1. The molecular formula is C16H21N3O3. The highest BCUT2D eigenvalue weighted by Gasteiger charge is 2.10. The summed E-state index contributed by atoms with van der Waals surface area (Å²) in [7, 11) is 1.62. The molecule has 0 unspecified atom stereocenters. The van der Waals surface area contributed by atoms with E-state index in [9.17, 15) is 4.79 Å². The SMILES string of the molecule is COc1ccc(OCCNC(=O)Cc2c(C)n[nH]c2C)cc1. The molecule has 118 valence electrons. The average molecular weight is 303 g/mol. The highest BCUT2D eigenvalue weighted by molar-refractivity contribution is 5.79. The van der Waals surface area contributed by atoms with Crippen molar-refractivity contribution in [1.82, 2.24) is 15.5 Å². The van der Waals surface area contributed by atoms with Gasteiger partial charge in [-0.3, -0.25) is 9.89 Å². The fourth-order valence-corrected chi connectivity index (χ4v) is 2.09. The average Bonchev–Trinajstić information content (AvgIpc) is 2.84. The first-order valence-electron chi connectivity index (χ1n) is 7.14. The molecule has 1 aromatic heterocycles. The lowest BCUT2D eigenvalue weighted by atomic mass is 10.1. The van der Waals surface area contributed by atoms with Gasteiger partial charge in [-0.15, -0.1) is 0 Å². The van der Waals surface area contributed by atoms with E-state index in [0.717, 1.165) is 28.5 Å². The Kier molecular flexibility index (Phi) is 5.41. The molecule has 0 atom stereocenters. The van der Waals surface area contributed by atoms with Crippen molar-refractivity contribution in [3.8, 4) is 11.5 Å². The molecule has 0 bridgehead atoms. The van der Waals surface area contributed by atoms with Crippen LogP contribution < -0.4 is 14.8 Å². The molecule has 2 N–H and O–H groups in total. The Balaban J connectivity index is 1.70. The van der Waals surface area contributed by atoms with Crippen molar-refractivity contribution in [1.29, 1.82) is 0 Å². The number of rotatable bonds is 7. The number of benzene rings is 1. The summed E-state index contributed by atoms with van der Waals surface area (Å²) in [6.45, 7) is 4.68. The summed E-state index contributed by atoms with van der Waals surface area (Å²) >= 11 is 0. The summed E-state index contributed by atoms with van der Waals surface area (Å²) in [6, 6.07) is 7.33. The first kappa shape index (κ1) is 15.9. The minimum Gasteiger partial charge on any atom is -0.497 e. The van der Waals surface area contributed by atoms with Gasteiger partial charge in [0.25, 0.3) is 0 Å². The second kappa shape index (κ2) is 7.49. The number of ether oxygens (including phenoxy) is 2. The molecule has 0 saturated heterocycles.